The second-order valence-corrected chi connectivity index (χ2v) is 5.85. The highest BCUT2D eigenvalue weighted by Gasteiger charge is 2.47. The van der Waals surface area contributed by atoms with Gasteiger partial charge in [-0.05, 0) is 40.0 Å². The van der Waals surface area contributed by atoms with Crippen LogP contribution >= 0.6 is 0 Å². The molecule has 0 bridgehead atoms. The standard InChI is InChI=1S/C12H21NO3/c1-12(2,3)16-11(15)13-6-4-5-8-9(13)7-10(8)14/h8-10,14H,4-7H2,1-3H3. The van der Waals surface area contributed by atoms with E-state index in [0.29, 0.717) is 6.42 Å². The summed E-state index contributed by atoms with van der Waals surface area (Å²) in [5, 5.41) is 9.60. The van der Waals surface area contributed by atoms with E-state index in [1.165, 1.54) is 0 Å². The molecule has 4 heteroatoms. The van der Waals surface area contributed by atoms with Crippen LogP contribution in [0.5, 0.6) is 0 Å². The molecule has 0 spiro atoms. The molecule has 1 heterocycles. The molecular weight excluding hydrogens is 206 g/mol. The number of likely N-dealkylation sites (tertiary alicyclic amines) is 1. The second kappa shape index (κ2) is 3.91. The molecule has 1 N–H and O–H groups in total. The minimum Gasteiger partial charge on any atom is -0.444 e. The second-order valence-electron chi connectivity index (χ2n) is 5.85. The highest BCUT2D eigenvalue weighted by Crippen LogP contribution is 2.39. The number of nitrogens with zero attached hydrogens (tertiary/aromatic N) is 1. The van der Waals surface area contributed by atoms with Crippen molar-refractivity contribution in [2.75, 3.05) is 6.54 Å². The van der Waals surface area contributed by atoms with Gasteiger partial charge >= 0.3 is 6.09 Å². The van der Waals surface area contributed by atoms with Crippen molar-refractivity contribution in [1.29, 1.82) is 0 Å². The zero-order chi connectivity index (χ0) is 11.9. The molecule has 4 nitrogen and oxygen atoms in total. The van der Waals surface area contributed by atoms with E-state index < -0.39 is 5.60 Å². The summed E-state index contributed by atoms with van der Waals surface area (Å²) >= 11 is 0. The lowest BCUT2D eigenvalue weighted by atomic mass is 9.71. The summed E-state index contributed by atoms with van der Waals surface area (Å²) in [5.41, 5.74) is -0.438. The Balaban J connectivity index is 1.96. The minimum absolute atomic E-state index is 0.207. The van der Waals surface area contributed by atoms with E-state index in [1.807, 2.05) is 20.8 Å². The Morgan fingerprint density at radius 3 is 2.69 bits per heavy atom. The molecule has 2 fully saturated rings. The van der Waals surface area contributed by atoms with E-state index >= 15 is 0 Å². The molecule has 0 aromatic rings. The van der Waals surface area contributed by atoms with Crippen molar-refractivity contribution in [2.45, 2.75) is 57.8 Å². The van der Waals surface area contributed by atoms with Crippen molar-refractivity contribution in [3.63, 3.8) is 0 Å². The number of hydrogen-bond acceptors (Lipinski definition) is 3. The lowest BCUT2D eigenvalue weighted by Crippen LogP contribution is -2.60. The van der Waals surface area contributed by atoms with Gasteiger partial charge in [-0.1, -0.05) is 0 Å². The summed E-state index contributed by atoms with van der Waals surface area (Å²) in [6.07, 6.45) is 2.27. The topological polar surface area (TPSA) is 49.8 Å². The van der Waals surface area contributed by atoms with E-state index in [0.717, 1.165) is 19.4 Å². The van der Waals surface area contributed by atoms with Crippen LogP contribution < -0.4 is 0 Å². The Bertz CT molecular complexity index is 284. The van der Waals surface area contributed by atoms with E-state index in [4.69, 9.17) is 4.74 Å². The number of aliphatic hydroxyl groups is 1. The fourth-order valence-corrected chi connectivity index (χ4v) is 2.61. The predicted octanol–water partition coefficient (Wildman–Crippen LogP) is 1.77. The van der Waals surface area contributed by atoms with E-state index in [-0.39, 0.29) is 24.2 Å². The molecule has 0 aromatic heterocycles. The molecule has 1 aliphatic carbocycles. The van der Waals surface area contributed by atoms with Crippen molar-refractivity contribution >= 4 is 6.09 Å². The summed E-state index contributed by atoms with van der Waals surface area (Å²) in [6.45, 7) is 6.40. The Labute approximate surface area is 96.6 Å². The third-order valence-electron chi connectivity index (χ3n) is 3.44. The summed E-state index contributed by atoms with van der Waals surface area (Å²) < 4.78 is 5.37. The number of aliphatic hydroxyl groups excluding tert-OH is 1. The lowest BCUT2D eigenvalue weighted by molar-refractivity contribution is -0.0893. The Morgan fingerprint density at radius 2 is 2.12 bits per heavy atom. The maximum absolute atomic E-state index is 11.9. The molecular formula is C12H21NO3. The van der Waals surface area contributed by atoms with Crippen molar-refractivity contribution in [1.82, 2.24) is 4.90 Å². The van der Waals surface area contributed by atoms with Crippen LogP contribution in [0.3, 0.4) is 0 Å². The van der Waals surface area contributed by atoms with Crippen LogP contribution in [-0.4, -0.2) is 40.4 Å². The van der Waals surface area contributed by atoms with E-state index in [1.54, 1.807) is 4.90 Å². The minimum atomic E-state index is -0.438. The quantitative estimate of drug-likeness (QED) is 0.686. The number of carbonyl (C=O) groups is 1. The predicted molar refractivity (Wildman–Crippen MR) is 60.1 cm³/mol. The van der Waals surface area contributed by atoms with Crippen LogP contribution in [0.1, 0.15) is 40.0 Å². The first kappa shape index (κ1) is 11.7. The van der Waals surface area contributed by atoms with Crippen LogP contribution in [-0.2, 0) is 4.74 Å². The number of hydrogen-bond donors (Lipinski definition) is 1. The van der Waals surface area contributed by atoms with Gasteiger partial charge in [0, 0.05) is 18.5 Å². The smallest absolute Gasteiger partial charge is 0.410 e. The van der Waals surface area contributed by atoms with Gasteiger partial charge in [0.05, 0.1) is 6.10 Å². The molecule has 0 aromatic carbocycles. The van der Waals surface area contributed by atoms with Gasteiger partial charge in [0.2, 0.25) is 0 Å². The maximum atomic E-state index is 11.9. The third kappa shape index (κ3) is 2.17. The normalized spacial score (nSPS) is 34.0. The van der Waals surface area contributed by atoms with Gasteiger partial charge in [-0.3, -0.25) is 0 Å². The van der Waals surface area contributed by atoms with Crippen LogP contribution in [0, 0.1) is 5.92 Å². The van der Waals surface area contributed by atoms with E-state index in [9.17, 15) is 9.90 Å². The van der Waals surface area contributed by atoms with Gasteiger partial charge in [-0.15, -0.1) is 0 Å². The average Bonchev–Trinajstić information content (AvgIpc) is 2.13. The molecule has 2 rings (SSSR count). The van der Waals surface area contributed by atoms with Gasteiger partial charge in [0.1, 0.15) is 5.60 Å². The Kier molecular flexibility index (Phi) is 2.86. The van der Waals surface area contributed by atoms with Crippen LogP contribution in [0.4, 0.5) is 4.79 Å². The fraction of sp³-hybridized carbons (Fsp3) is 0.917. The number of piperidine rings is 1. The monoisotopic (exact) mass is 227 g/mol. The van der Waals surface area contributed by atoms with Crippen LogP contribution in [0.2, 0.25) is 0 Å². The first-order valence-corrected chi connectivity index (χ1v) is 6.06. The van der Waals surface area contributed by atoms with Gasteiger partial charge in [-0.25, -0.2) is 4.79 Å². The van der Waals surface area contributed by atoms with Crippen molar-refractivity contribution < 1.29 is 14.6 Å². The largest absolute Gasteiger partial charge is 0.444 e. The zero-order valence-electron chi connectivity index (χ0n) is 10.3. The summed E-state index contributed by atoms with van der Waals surface area (Å²) in [6, 6.07) is 0.207. The molecule has 1 aliphatic heterocycles. The molecule has 2 aliphatic rings. The Hall–Kier alpha value is -0.770. The number of carbonyl (C=O) groups excluding carboxylic acids is 1. The molecule has 1 amide bonds. The van der Waals surface area contributed by atoms with Gasteiger partial charge < -0.3 is 14.7 Å². The van der Waals surface area contributed by atoms with Gasteiger partial charge in [0.25, 0.3) is 0 Å². The summed E-state index contributed by atoms with van der Waals surface area (Å²) in [4.78, 5) is 13.7. The maximum Gasteiger partial charge on any atom is 0.410 e. The number of rotatable bonds is 0. The van der Waals surface area contributed by atoms with Crippen LogP contribution in [0.15, 0.2) is 0 Å². The number of amides is 1. The van der Waals surface area contributed by atoms with Crippen molar-refractivity contribution in [2.24, 2.45) is 5.92 Å². The lowest BCUT2D eigenvalue weighted by Gasteiger charge is -2.51. The molecule has 3 unspecified atom stereocenters. The first-order chi connectivity index (χ1) is 7.38. The molecule has 16 heavy (non-hydrogen) atoms. The summed E-state index contributed by atoms with van der Waals surface area (Å²) in [5.74, 6) is 0.279. The van der Waals surface area contributed by atoms with Crippen LogP contribution in [0.25, 0.3) is 0 Å². The molecule has 92 valence electrons. The molecule has 0 radical (unpaired) electrons. The molecule has 3 atom stereocenters. The SMILES string of the molecule is CC(C)(C)OC(=O)N1CCCC2C(O)CC21. The molecule has 1 saturated carbocycles. The average molecular weight is 227 g/mol. The van der Waals surface area contributed by atoms with Gasteiger partial charge in [0.15, 0.2) is 0 Å². The van der Waals surface area contributed by atoms with Gasteiger partial charge in [-0.2, -0.15) is 0 Å². The first-order valence-electron chi connectivity index (χ1n) is 6.06. The van der Waals surface area contributed by atoms with Crippen molar-refractivity contribution in [3.05, 3.63) is 0 Å². The molecule has 1 saturated heterocycles. The highest BCUT2D eigenvalue weighted by molar-refractivity contribution is 5.69. The third-order valence-corrected chi connectivity index (χ3v) is 3.44. The summed E-state index contributed by atoms with van der Waals surface area (Å²) in [7, 11) is 0. The Morgan fingerprint density at radius 1 is 1.44 bits per heavy atom. The zero-order valence-corrected chi connectivity index (χ0v) is 10.3. The number of fused-ring (bicyclic) bond motifs is 1. The van der Waals surface area contributed by atoms with Crippen molar-refractivity contribution in [3.8, 4) is 0 Å². The van der Waals surface area contributed by atoms with E-state index in [2.05, 4.69) is 0 Å². The number of ether oxygens (including phenoxy) is 1. The highest BCUT2D eigenvalue weighted by atomic mass is 16.6. The fourth-order valence-electron chi connectivity index (χ4n) is 2.61.